The Kier molecular flexibility index (Phi) is 5.84. The highest BCUT2D eigenvalue weighted by Crippen LogP contribution is 2.26. The first kappa shape index (κ1) is 15.9. The first-order valence-corrected chi connectivity index (χ1v) is 9.99. The van der Waals surface area contributed by atoms with Crippen molar-refractivity contribution >= 4 is 33.8 Å². The minimum atomic E-state index is 0.0871. The lowest BCUT2D eigenvalue weighted by molar-refractivity contribution is 0.0927. The number of rotatable bonds is 4. The Morgan fingerprint density at radius 2 is 2.09 bits per heavy atom. The van der Waals surface area contributed by atoms with Crippen LogP contribution < -0.4 is 5.32 Å². The SMILES string of the molecule is O=C(NC1CCCCC1)c1ccccc1CSC1=NCCS1. The first-order chi connectivity index (χ1) is 10.8. The third kappa shape index (κ3) is 4.29. The van der Waals surface area contributed by atoms with Gasteiger partial charge in [-0.3, -0.25) is 9.79 Å². The van der Waals surface area contributed by atoms with Crippen molar-refractivity contribution in [2.24, 2.45) is 4.99 Å². The van der Waals surface area contributed by atoms with Crippen LogP contribution in [0.15, 0.2) is 29.3 Å². The van der Waals surface area contributed by atoms with Crippen LogP contribution >= 0.6 is 23.5 Å². The lowest BCUT2D eigenvalue weighted by atomic mass is 9.95. The summed E-state index contributed by atoms with van der Waals surface area (Å²) in [5.74, 6) is 2.00. The summed E-state index contributed by atoms with van der Waals surface area (Å²) in [6.45, 7) is 0.927. The van der Waals surface area contributed by atoms with Crippen LogP contribution in [0.4, 0.5) is 0 Å². The minimum Gasteiger partial charge on any atom is -0.349 e. The molecule has 22 heavy (non-hydrogen) atoms. The van der Waals surface area contributed by atoms with E-state index >= 15 is 0 Å². The molecular formula is C17H22N2OS2. The molecule has 0 saturated heterocycles. The molecule has 0 spiro atoms. The molecule has 0 atom stereocenters. The number of nitrogens with one attached hydrogen (secondary N) is 1. The number of aliphatic imine (C=N–C) groups is 1. The fourth-order valence-corrected chi connectivity index (χ4v) is 4.93. The Balaban J connectivity index is 1.62. The lowest BCUT2D eigenvalue weighted by Crippen LogP contribution is -2.36. The second kappa shape index (κ2) is 8.06. The first-order valence-electron chi connectivity index (χ1n) is 8.02. The second-order valence-corrected chi connectivity index (χ2v) is 8.06. The van der Waals surface area contributed by atoms with Gasteiger partial charge in [0, 0.05) is 23.1 Å². The number of amides is 1. The molecule has 0 aromatic heterocycles. The van der Waals surface area contributed by atoms with Gasteiger partial charge in [-0.2, -0.15) is 0 Å². The maximum Gasteiger partial charge on any atom is 0.251 e. The monoisotopic (exact) mass is 334 g/mol. The molecule has 1 amide bonds. The van der Waals surface area contributed by atoms with Crippen molar-refractivity contribution in [2.75, 3.05) is 12.3 Å². The number of nitrogens with zero attached hydrogens (tertiary/aromatic N) is 1. The summed E-state index contributed by atoms with van der Waals surface area (Å²) in [5, 5.41) is 3.22. The highest BCUT2D eigenvalue weighted by atomic mass is 32.2. The predicted octanol–water partition coefficient (Wildman–Crippen LogP) is 4.09. The Hall–Kier alpha value is -0.940. The Labute approximate surface area is 140 Å². The summed E-state index contributed by atoms with van der Waals surface area (Å²) >= 11 is 3.56. The van der Waals surface area contributed by atoms with E-state index in [0.29, 0.717) is 6.04 Å². The molecule has 3 nitrogen and oxygen atoms in total. The standard InChI is InChI=1S/C17H22N2OS2/c20-16(19-14-7-2-1-3-8-14)15-9-5-4-6-13(15)12-22-17-18-10-11-21-17/h4-6,9,14H,1-3,7-8,10-12H2,(H,19,20). The average Bonchev–Trinajstić information content (AvgIpc) is 3.07. The normalized spacial score (nSPS) is 19.0. The van der Waals surface area contributed by atoms with Crippen LogP contribution in [0.5, 0.6) is 0 Å². The number of carbonyl (C=O) groups excluding carboxylic acids is 1. The fourth-order valence-electron chi connectivity index (χ4n) is 2.92. The van der Waals surface area contributed by atoms with Crippen LogP contribution in [-0.4, -0.2) is 28.6 Å². The zero-order chi connectivity index (χ0) is 15.2. The van der Waals surface area contributed by atoms with E-state index in [0.717, 1.165) is 46.4 Å². The Bertz CT molecular complexity index is 553. The molecule has 0 bridgehead atoms. The van der Waals surface area contributed by atoms with Crippen molar-refractivity contribution in [2.45, 2.75) is 43.9 Å². The molecule has 1 aromatic rings. The van der Waals surface area contributed by atoms with Crippen LogP contribution in [0.1, 0.15) is 48.0 Å². The van der Waals surface area contributed by atoms with E-state index in [9.17, 15) is 4.79 Å². The van der Waals surface area contributed by atoms with Crippen LogP contribution in [0.25, 0.3) is 0 Å². The van der Waals surface area contributed by atoms with Gasteiger partial charge in [0.05, 0.1) is 6.54 Å². The quantitative estimate of drug-likeness (QED) is 0.902. The lowest BCUT2D eigenvalue weighted by Gasteiger charge is -2.23. The molecule has 1 N–H and O–H groups in total. The maximum absolute atomic E-state index is 12.6. The summed E-state index contributed by atoms with van der Waals surface area (Å²) in [4.78, 5) is 17.0. The van der Waals surface area contributed by atoms with Crippen molar-refractivity contribution in [3.8, 4) is 0 Å². The number of hydrogen-bond donors (Lipinski definition) is 1. The van der Waals surface area contributed by atoms with Gasteiger partial charge in [-0.05, 0) is 24.5 Å². The topological polar surface area (TPSA) is 41.5 Å². The largest absolute Gasteiger partial charge is 0.349 e. The van der Waals surface area contributed by atoms with E-state index in [2.05, 4.69) is 16.4 Å². The Morgan fingerprint density at radius 3 is 2.86 bits per heavy atom. The van der Waals surface area contributed by atoms with Gasteiger partial charge in [-0.15, -0.1) is 0 Å². The number of hydrogen-bond acceptors (Lipinski definition) is 4. The molecule has 1 heterocycles. The van der Waals surface area contributed by atoms with E-state index in [1.807, 2.05) is 30.0 Å². The van der Waals surface area contributed by atoms with Gasteiger partial charge in [0.2, 0.25) is 0 Å². The third-order valence-corrected chi connectivity index (χ3v) is 6.41. The zero-order valence-corrected chi connectivity index (χ0v) is 14.3. The van der Waals surface area contributed by atoms with Gasteiger partial charge in [-0.25, -0.2) is 0 Å². The summed E-state index contributed by atoms with van der Waals surface area (Å²) in [6.07, 6.45) is 6.02. The molecule has 0 radical (unpaired) electrons. The van der Waals surface area contributed by atoms with Crippen LogP contribution in [0.3, 0.4) is 0 Å². The van der Waals surface area contributed by atoms with Crippen molar-refractivity contribution in [3.63, 3.8) is 0 Å². The second-order valence-electron chi connectivity index (χ2n) is 5.75. The maximum atomic E-state index is 12.6. The minimum absolute atomic E-state index is 0.0871. The summed E-state index contributed by atoms with van der Waals surface area (Å²) in [7, 11) is 0. The highest BCUT2D eigenvalue weighted by molar-refractivity contribution is 8.38. The van der Waals surface area contributed by atoms with Crippen molar-refractivity contribution in [3.05, 3.63) is 35.4 Å². The van der Waals surface area contributed by atoms with E-state index in [1.54, 1.807) is 11.8 Å². The highest BCUT2D eigenvalue weighted by Gasteiger charge is 2.18. The number of benzene rings is 1. The van der Waals surface area contributed by atoms with Crippen molar-refractivity contribution in [1.29, 1.82) is 0 Å². The van der Waals surface area contributed by atoms with Gasteiger partial charge < -0.3 is 5.32 Å². The molecule has 1 aliphatic heterocycles. The molecule has 3 rings (SSSR count). The van der Waals surface area contributed by atoms with Gasteiger partial charge >= 0.3 is 0 Å². The number of carbonyl (C=O) groups is 1. The van der Waals surface area contributed by atoms with Crippen LogP contribution in [0, 0.1) is 0 Å². The van der Waals surface area contributed by atoms with Crippen LogP contribution in [0.2, 0.25) is 0 Å². The van der Waals surface area contributed by atoms with E-state index < -0.39 is 0 Å². The van der Waals surface area contributed by atoms with E-state index in [4.69, 9.17) is 0 Å². The molecule has 1 saturated carbocycles. The van der Waals surface area contributed by atoms with Gasteiger partial charge in [0.1, 0.15) is 4.38 Å². The van der Waals surface area contributed by atoms with Crippen LogP contribution in [-0.2, 0) is 5.75 Å². The van der Waals surface area contributed by atoms with E-state index in [1.165, 1.54) is 19.3 Å². The molecule has 1 fully saturated rings. The average molecular weight is 335 g/mol. The molecule has 5 heteroatoms. The zero-order valence-electron chi connectivity index (χ0n) is 12.7. The summed E-state index contributed by atoms with van der Waals surface area (Å²) < 4.78 is 1.16. The molecule has 1 aliphatic carbocycles. The van der Waals surface area contributed by atoms with Crippen molar-refractivity contribution < 1.29 is 4.79 Å². The van der Waals surface area contributed by atoms with Crippen molar-refractivity contribution in [1.82, 2.24) is 5.32 Å². The molecule has 2 aliphatic rings. The molecule has 1 aromatic carbocycles. The molecular weight excluding hydrogens is 312 g/mol. The van der Waals surface area contributed by atoms with Gasteiger partial charge in [-0.1, -0.05) is 61.0 Å². The number of thioether (sulfide) groups is 2. The van der Waals surface area contributed by atoms with E-state index in [-0.39, 0.29) is 5.91 Å². The third-order valence-electron chi connectivity index (χ3n) is 4.11. The summed E-state index contributed by atoms with van der Waals surface area (Å²) in [5.41, 5.74) is 1.93. The smallest absolute Gasteiger partial charge is 0.251 e. The summed E-state index contributed by atoms with van der Waals surface area (Å²) in [6, 6.07) is 8.32. The Morgan fingerprint density at radius 1 is 1.27 bits per heavy atom. The van der Waals surface area contributed by atoms with Gasteiger partial charge in [0.25, 0.3) is 5.91 Å². The van der Waals surface area contributed by atoms with Gasteiger partial charge in [0.15, 0.2) is 0 Å². The fraction of sp³-hybridized carbons (Fsp3) is 0.529. The molecule has 118 valence electrons. The molecule has 0 unspecified atom stereocenters. The predicted molar refractivity (Wildman–Crippen MR) is 96.8 cm³/mol.